The van der Waals surface area contributed by atoms with E-state index in [9.17, 15) is 18.0 Å². The van der Waals surface area contributed by atoms with Crippen LogP contribution in [0, 0.1) is 0 Å². The van der Waals surface area contributed by atoms with Crippen LogP contribution in [0.4, 0.5) is 13.2 Å². The Morgan fingerprint density at radius 2 is 1.85 bits per heavy atom. The SMILES string of the molecule is COc1ccc2c(c1)c(C=O)c(C(F)(F)F)n2CCN1CCN(C)CC1. The number of fused-ring (bicyclic) bond motifs is 1. The van der Waals surface area contributed by atoms with Gasteiger partial charge in [0.05, 0.1) is 12.7 Å². The number of benzene rings is 1. The first-order chi connectivity index (χ1) is 12.3. The molecule has 2 heterocycles. The van der Waals surface area contributed by atoms with Gasteiger partial charge in [0.1, 0.15) is 11.4 Å². The Labute approximate surface area is 149 Å². The van der Waals surface area contributed by atoms with E-state index in [0.717, 1.165) is 26.2 Å². The van der Waals surface area contributed by atoms with Gasteiger partial charge in [0.15, 0.2) is 6.29 Å². The number of aromatic nitrogens is 1. The van der Waals surface area contributed by atoms with Crippen molar-refractivity contribution in [1.82, 2.24) is 14.4 Å². The van der Waals surface area contributed by atoms with Crippen molar-refractivity contribution in [3.63, 3.8) is 0 Å². The standard InChI is InChI=1S/C18H22F3N3O2/c1-22-5-7-23(8-6-22)9-10-24-16-4-3-13(26-2)11-14(16)15(12-25)17(24)18(19,20)21/h3-4,11-12H,5-10H2,1-2H3. The number of ether oxygens (including phenoxy) is 1. The molecule has 5 nitrogen and oxygen atoms in total. The Bertz CT molecular complexity index is 793. The molecule has 1 saturated heterocycles. The number of aldehydes is 1. The van der Waals surface area contributed by atoms with E-state index >= 15 is 0 Å². The quantitative estimate of drug-likeness (QED) is 0.760. The molecule has 1 aliphatic rings. The Morgan fingerprint density at radius 3 is 2.42 bits per heavy atom. The predicted octanol–water partition coefficient (Wildman–Crippen LogP) is 2.73. The van der Waals surface area contributed by atoms with Crippen molar-refractivity contribution in [2.24, 2.45) is 0 Å². The van der Waals surface area contributed by atoms with E-state index in [1.165, 1.54) is 17.7 Å². The zero-order chi connectivity index (χ0) is 18.9. The maximum absolute atomic E-state index is 13.7. The van der Waals surface area contributed by atoms with Crippen LogP contribution in [-0.4, -0.2) is 67.5 Å². The van der Waals surface area contributed by atoms with Gasteiger partial charge in [-0.15, -0.1) is 0 Å². The second-order valence-corrected chi connectivity index (χ2v) is 6.56. The van der Waals surface area contributed by atoms with Crippen molar-refractivity contribution in [2.45, 2.75) is 12.7 Å². The minimum absolute atomic E-state index is 0.176. The van der Waals surface area contributed by atoms with Crippen LogP contribution in [0.15, 0.2) is 18.2 Å². The largest absolute Gasteiger partial charge is 0.497 e. The van der Waals surface area contributed by atoms with Gasteiger partial charge in [-0.3, -0.25) is 9.69 Å². The average Bonchev–Trinajstić information content (AvgIpc) is 2.94. The first kappa shape index (κ1) is 18.7. The van der Waals surface area contributed by atoms with Crippen LogP contribution in [0.2, 0.25) is 0 Å². The summed E-state index contributed by atoms with van der Waals surface area (Å²) in [4.78, 5) is 15.8. The molecule has 2 aromatic rings. The molecule has 1 aromatic heterocycles. The molecule has 0 radical (unpaired) electrons. The number of hydrogen-bond acceptors (Lipinski definition) is 4. The van der Waals surface area contributed by atoms with Gasteiger partial charge < -0.3 is 14.2 Å². The monoisotopic (exact) mass is 369 g/mol. The van der Waals surface area contributed by atoms with E-state index in [-0.39, 0.29) is 23.8 Å². The number of piperazine rings is 1. The Kier molecular flexibility index (Phi) is 5.24. The lowest BCUT2D eigenvalue weighted by Crippen LogP contribution is -2.45. The normalized spacial score (nSPS) is 17.0. The van der Waals surface area contributed by atoms with E-state index < -0.39 is 11.9 Å². The van der Waals surface area contributed by atoms with Crippen molar-refractivity contribution in [3.8, 4) is 5.75 Å². The van der Waals surface area contributed by atoms with Crippen LogP contribution >= 0.6 is 0 Å². The van der Waals surface area contributed by atoms with Crippen LogP contribution in [0.25, 0.3) is 10.9 Å². The number of rotatable bonds is 5. The molecule has 3 rings (SSSR count). The first-order valence-electron chi connectivity index (χ1n) is 8.48. The van der Waals surface area contributed by atoms with E-state index in [2.05, 4.69) is 9.80 Å². The number of alkyl halides is 3. The third-order valence-corrected chi connectivity index (χ3v) is 4.93. The Balaban J connectivity index is 2.00. The minimum atomic E-state index is -4.61. The molecule has 1 aromatic carbocycles. The van der Waals surface area contributed by atoms with E-state index in [0.29, 0.717) is 17.8 Å². The second-order valence-electron chi connectivity index (χ2n) is 6.56. The number of nitrogens with zero attached hydrogens (tertiary/aromatic N) is 3. The summed E-state index contributed by atoms with van der Waals surface area (Å²) in [5.41, 5.74) is -0.816. The lowest BCUT2D eigenvalue weighted by Gasteiger charge is -2.32. The van der Waals surface area contributed by atoms with Crippen molar-refractivity contribution in [2.75, 3.05) is 46.9 Å². The number of carbonyl (C=O) groups is 1. The van der Waals surface area contributed by atoms with Crippen molar-refractivity contribution in [3.05, 3.63) is 29.5 Å². The summed E-state index contributed by atoms with van der Waals surface area (Å²) in [6, 6.07) is 4.68. The fourth-order valence-corrected chi connectivity index (χ4v) is 3.46. The molecule has 26 heavy (non-hydrogen) atoms. The summed E-state index contributed by atoms with van der Waals surface area (Å²) < 4.78 is 47.4. The van der Waals surface area contributed by atoms with E-state index in [4.69, 9.17) is 4.74 Å². The highest BCUT2D eigenvalue weighted by atomic mass is 19.4. The molecule has 142 valence electrons. The number of methoxy groups -OCH3 is 1. The minimum Gasteiger partial charge on any atom is -0.497 e. The van der Waals surface area contributed by atoms with Gasteiger partial charge in [-0.05, 0) is 25.2 Å². The van der Waals surface area contributed by atoms with Crippen molar-refractivity contribution < 1.29 is 22.7 Å². The highest BCUT2D eigenvalue weighted by molar-refractivity contribution is 6.00. The van der Waals surface area contributed by atoms with Crippen LogP contribution in [0.1, 0.15) is 16.1 Å². The summed E-state index contributed by atoms with van der Waals surface area (Å²) in [6.07, 6.45) is -4.32. The molecule has 0 unspecified atom stereocenters. The third kappa shape index (κ3) is 3.57. The van der Waals surface area contributed by atoms with E-state index in [1.54, 1.807) is 12.1 Å². The highest BCUT2D eigenvalue weighted by Gasteiger charge is 2.39. The zero-order valence-electron chi connectivity index (χ0n) is 14.8. The van der Waals surface area contributed by atoms with Gasteiger partial charge in [-0.1, -0.05) is 0 Å². The number of likely N-dealkylation sites (N-methyl/N-ethyl adjacent to an activating group) is 1. The van der Waals surface area contributed by atoms with Crippen LogP contribution in [0.3, 0.4) is 0 Å². The number of carbonyl (C=O) groups excluding carboxylic acids is 1. The smallest absolute Gasteiger partial charge is 0.432 e. The van der Waals surface area contributed by atoms with Gasteiger partial charge in [-0.25, -0.2) is 0 Å². The number of hydrogen-bond donors (Lipinski definition) is 0. The third-order valence-electron chi connectivity index (χ3n) is 4.93. The van der Waals surface area contributed by atoms with Crippen molar-refractivity contribution in [1.29, 1.82) is 0 Å². The number of halogens is 3. The van der Waals surface area contributed by atoms with Gasteiger partial charge >= 0.3 is 6.18 Å². The molecule has 0 saturated carbocycles. The topological polar surface area (TPSA) is 37.7 Å². The van der Waals surface area contributed by atoms with Crippen LogP contribution < -0.4 is 4.74 Å². The molecule has 0 amide bonds. The molecule has 8 heteroatoms. The molecule has 0 bridgehead atoms. The Hall–Kier alpha value is -2.06. The van der Waals surface area contributed by atoms with Gasteiger partial charge in [0.2, 0.25) is 0 Å². The molecule has 1 aliphatic heterocycles. The lowest BCUT2D eigenvalue weighted by molar-refractivity contribution is -0.143. The molecule has 0 spiro atoms. The summed E-state index contributed by atoms with van der Waals surface area (Å²) >= 11 is 0. The summed E-state index contributed by atoms with van der Waals surface area (Å²) in [5, 5.41) is 0.269. The average molecular weight is 369 g/mol. The van der Waals surface area contributed by atoms with Gasteiger partial charge in [0, 0.05) is 50.2 Å². The van der Waals surface area contributed by atoms with Gasteiger partial charge in [0.25, 0.3) is 0 Å². The van der Waals surface area contributed by atoms with Crippen LogP contribution in [0.5, 0.6) is 5.75 Å². The highest BCUT2D eigenvalue weighted by Crippen LogP contribution is 2.38. The van der Waals surface area contributed by atoms with E-state index in [1.807, 2.05) is 7.05 Å². The fraction of sp³-hybridized carbons (Fsp3) is 0.500. The maximum Gasteiger partial charge on any atom is 0.432 e. The van der Waals surface area contributed by atoms with Crippen molar-refractivity contribution >= 4 is 17.2 Å². The zero-order valence-corrected chi connectivity index (χ0v) is 14.8. The molecule has 1 fully saturated rings. The summed E-state index contributed by atoms with van der Waals surface area (Å²) in [6.45, 7) is 4.13. The lowest BCUT2D eigenvalue weighted by atomic mass is 10.1. The molecule has 0 N–H and O–H groups in total. The maximum atomic E-state index is 13.7. The predicted molar refractivity (Wildman–Crippen MR) is 92.8 cm³/mol. The first-order valence-corrected chi connectivity index (χ1v) is 8.48. The molecule has 0 aliphatic carbocycles. The summed E-state index contributed by atoms with van der Waals surface area (Å²) in [5.74, 6) is 0.422. The molecular formula is C18H22F3N3O2. The second kappa shape index (κ2) is 7.28. The summed E-state index contributed by atoms with van der Waals surface area (Å²) in [7, 11) is 3.47. The van der Waals surface area contributed by atoms with Crippen LogP contribution in [-0.2, 0) is 12.7 Å². The van der Waals surface area contributed by atoms with Gasteiger partial charge in [-0.2, -0.15) is 13.2 Å². The Morgan fingerprint density at radius 1 is 1.15 bits per heavy atom. The molecule has 0 atom stereocenters. The molecular weight excluding hydrogens is 347 g/mol. The fourth-order valence-electron chi connectivity index (χ4n) is 3.46.